The number of nitro benzene ring substituents is 1. The average molecular weight is 313 g/mol. The lowest BCUT2D eigenvalue weighted by Crippen LogP contribution is -2.18. The Bertz CT molecular complexity index is 787. The molecule has 0 unspecified atom stereocenters. The second-order valence-corrected chi connectivity index (χ2v) is 4.84. The summed E-state index contributed by atoms with van der Waals surface area (Å²) in [5, 5.41) is 16.2. The molecule has 2 aromatic carbocycles. The third kappa shape index (κ3) is 3.52. The van der Waals surface area contributed by atoms with Crippen molar-refractivity contribution in [1.82, 2.24) is 5.32 Å². The molecule has 0 heterocycles. The van der Waals surface area contributed by atoms with E-state index in [4.69, 9.17) is 0 Å². The maximum atomic E-state index is 12.3. The van der Waals surface area contributed by atoms with Crippen molar-refractivity contribution in [3.63, 3.8) is 0 Å². The number of anilines is 1. The Morgan fingerprint density at radius 3 is 2.43 bits per heavy atom. The number of carbonyl (C=O) groups is 2. The van der Waals surface area contributed by atoms with Crippen LogP contribution in [0.2, 0.25) is 0 Å². The number of carbonyl (C=O) groups excluding carboxylic acids is 2. The van der Waals surface area contributed by atoms with Crippen LogP contribution in [0.4, 0.5) is 11.4 Å². The monoisotopic (exact) mass is 313 g/mol. The van der Waals surface area contributed by atoms with Crippen LogP contribution >= 0.6 is 0 Å². The van der Waals surface area contributed by atoms with Crippen molar-refractivity contribution in [2.45, 2.75) is 6.92 Å². The van der Waals surface area contributed by atoms with E-state index in [2.05, 4.69) is 10.6 Å². The maximum Gasteiger partial charge on any atom is 0.285 e. The van der Waals surface area contributed by atoms with Gasteiger partial charge >= 0.3 is 0 Å². The first kappa shape index (κ1) is 16.2. The van der Waals surface area contributed by atoms with Crippen LogP contribution in [0.3, 0.4) is 0 Å². The molecule has 0 aliphatic heterocycles. The fraction of sp³-hybridized carbons (Fsp3) is 0.125. The summed E-state index contributed by atoms with van der Waals surface area (Å²) in [6.45, 7) is 1.57. The number of amides is 2. The Kier molecular flexibility index (Phi) is 4.70. The number of nitro groups is 1. The van der Waals surface area contributed by atoms with Crippen molar-refractivity contribution >= 4 is 23.2 Å². The molecule has 2 aromatic rings. The van der Waals surface area contributed by atoms with Gasteiger partial charge in [-0.3, -0.25) is 19.7 Å². The molecule has 0 fully saturated rings. The topological polar surface area (TPSA) is 101 Å². The summed E-state index contributed by atoms with van der Waals surface area (Å²) in [6, 6.07) is 10.9. The summed E-state index contributed by atoms with van der Waals surface area (Å²) in [5.41, 5.74) is 0.908. The van der Waals surface area contributed by atoms with Gasteiger partial charge in [-0.1, -0.05) is 18.2 Å². The standard InChI is InChI=1S/C16H15N3O4/c1-10-5-3-8-13(14(10)19(22)23)16(21)18-12-7-4-6-11(9-12)15(20)17-2/h3-9H,1-2H3,(H,17,20)(H,18,21). The highest BCUT2D eigenvalue weighted by Crippen LogP contribution is 2.24. The molecule has 0 saturated heterocycles. The van der Waals surface area contributed by atoms with Gasteiger partial charge < -0.3 is 10.6 Å². The van der Waals surface area contributed by atoms with E-state index in [-0.39, 0.29) is 17.2 Å². The summed E-state index contributed by atoms with van der Waals surface area (Å²) in [7, 11) is 1.50. The maximum absolute atomic E-state index is 12.3. The first-order valence-electron chi connectivity index (χ1n) is 6.81. The van der Waals surface area contributed by atoms with Gasteiger partial charge in [0.2, 0.25) is 0 Å². The van der Waals surface area contributed by atoms with Crippen molar-refractivity contribution in [1.29, 1.82) is 0 Å². The van der Waals surface area contributed by atoms with Gasteiger partial charge in [0, 0.05) is 23.9 Å². The Morgan fingerprint density at radius 1 is 1.09 bits per heavy atom. The highest BCUT2D eigenvalue weighted by Gasteiger charge is 2.22. The summed E-state index contributed by atoms with van der Waals surface area (Å²) in [6.07, 6.45) is 0. The van der Waals surface area contributed by atoms with Gasteiger partial charge in [0.1, 0.15) is 5.56 Å². The van der Waals surface area contributed by atoms with Gasteiger partial charge in [-0.05, 0) is 31.2 Å². The molecule has 0 aliphatic rings. The molecule has 2 rings (SSSR count). The second kappa shape index (κ2) is 6.69. The predicted molar refractivity (Wildman–Crippen MR) is 85.6 cm³/mol. The van der Waals surface area contributed by atoms with E-state index in [0.717, 1.165) is 0 Å². The molecule has 7 heteroatoms. The van der Waals surface area contributed by atoms with Crippen molar-refractivity contribution in [3.8, 4) is 0 Å². The fourth-order valence-electron chi connectivity index (χ4n) is 2.17. The lowest BCUT2D eigenvalue weighted by atomic mass is 10.1. The van der Waals surface area contributed by atoms with E-state index in [1.165, 1.54) is 19.2 Å². The van der Waals surface area contributed by atoms with E-state index >= 15 is 0 Å². The number of benzene rings is 2. The minimum atomic E-state index is -0.602. The van der Waals surface area contributed by atoms with E-state index in [0.29, 0.717) is 16.8 Å². The van der Waals surface area contributed by atoms with Gasteiger partial charge in [0.05, 0.1) is 4.92 Å². The number of rotatable bonds is 4. The van der Waals surface area contributed by atoms with Crippen molar-refractivity contribution in [2.24, 2.45) is 0 Å². The first-order valence-corrected chi connectivity index (χ1v) is 6.81. The first-order chi connectivity index (χ1) is 10.9. The lowest BCUT2D eigenvalue weighted by molar-refractivity contribution is -0.385. The van der Waals surface area contributed by atoms with Crippen molar-refractivity contribution < 1.29 is 14.5 Å². The van der Waals surface area contributed by atoms with E-state index < -0.39 is 10.8 Å². The Morgan fingerprint density at radius 2 is 1.78 bits per heavy atom. The number of hydrogen-bond acceptors (Lipinski definition) is 4. The van der Waals surface area contributed by atoms with Gasteiger partial charge in [0.15, 0.2) is 0 Å². The zero-order valence-corrected chi connectivity index (χ0v) is 12.6. The quantitative estimate of drug-likeness (QED) is 0.669. The third-order valence-electron chi connectivity index (χ3n) is 3.27. The van der Waals surface area contributed by atoms with Gasteiger partial charge in [-0.15, -0.1) is 0 Å². The second-order valence-electron chi connectivity index (χ2n) is 4.84. The van der Waals surface area contributed by atoms with Gasteiger partial charge in [-0.25, -0.2) is 0 Å². The SMILES string of the molecule is CNC(=O)c1cccc(NC(=O)c2cccc(C)c2[N+](=O)[O-])c1. The highest BCUT2D eigenvalue weighted by molar-refractivity contribution is 6.08. The molecule has 0 radical (unpaired) electrons. The third-order valence-corrected chi connectivity index (χ3v) is 3.27. The van der Waals surface area contributed by atoms with Gasteiger partial charge in [-0.2, -0.15) is 0 Å². The van der Waals surface area contributed by atoms with Crippen LogP contribution in [0.5, 0.6) is 0 Å². The Labute approximate surface area is 132 Å². The molecule has 2 amide bonds. The fourth-order valence-corrected chi connectivity index (χ4v) is 2.17. The zero-order chi connectivity index (χ0) is 17.0. The van der Waals surface area contributed by atoms with Crippen LogP contribution in [0.25, 0.3) is 0 Å². The Hall–Kier alpha value is -3.22. The van der Waals surface area contributed by atoms with Crippen LogP contribution < -0.4 is 10.6 Å². The summed E-state index contributed by atoms with van der Waals surface area (Å²) in [5.74, 6) is -0.892. The number of nitrogens with zero attached hydrogens (tertiary/aromatic N) is 1. The highest BCUT2D eigenvalue weighted by atomic mass is 16.6. The van der Waals surface area contributed by atoms with E-state index in [9.17, 15) is 19.7 Å². The summed E-state index contributed by atoms with van der Waals surface area (Å²) in [4.78, 5) is 34.5. The molecule has 118 valence electrons. The molecular formula is C16H15N3O4. The molecule has 2 N–H and O–H groups in total. The minimum Gasteiger partial charge on any atom is -0.355 e. The van der Waals surface area contributed by atoms with Gasteiger partial charge in [0.25, 0.3) is 17.5 Å². The minimum absolute atomic E-state index is 0.0275. The lowest BCUT2D eigenvalue weighted by Gasteiger charge is -2.08. The van der Waals surface area contributed by atoms with E-state index in [1.54, 1.807) is 37.3 Å². The zero-order valence-electron chi connectivity index (χ0n) is 12.6. The largest absolute Gasteiger partial charge is 0.355 e. The smallest absolute Gasteiger partial charge is 0.285 e. The number of hydrogen-bond donors (Lipinski definition) is 2. The normalized spacial score (nSPS) is 10.0. The van der Waals surface area contributed by atoms with E-state index in [1.807, 2.05) is 0 Å². The van der Waals surface area contributed by atoms with Crippen LogP contribution in [0.1, 0.15) is 26.3 Å². The van der Waals surface area contributed by atoms with Crippen LogP contribution in [0.15, 0.2) is 42.5 Å². The molecule has 0 atom stereocenters. The van der Waals surface area contributed by atoms with Crippen LogP contribution in [0, 0.1) is 17.0 Å². The molecule has 0 aromatic heterocycles. The molecule has 23 heavy (non-hydrogen) atoms. The molecule has 0 spiro atoms. The molecule has 0 saturated carbocycles. The molecule has 0 bridgehead atoms. The van der Waals surface area contributed by atoms with Crippen molar-refractivity contribution in [3.05, 3.63) is 69.3 Å². The van der Waals surface area contributed by atoms with Crippen LogP contribution in [-0.2, 0) is 0 Å². The molecule has 7 nitrogen and oxygen atoms in total. The average Bonchev–Trinajstić information content (AvgIpc) is 2.53. The number of para-hydroxylation sites is 1. The summed E-state index contributed by atoms with van der Waals surface area (Å²) < 4.78 is 0. The summed E-state index contributed by atoms with van der Waals surface area (Å²) >= 11 is 0. The molecular weight excluding hydrogens is 298 g/mol. The number of nitrogens with one attached hydrogen (secondary N) is 2. The predicted octanol–water partition coefficient (Wildman–Crippen LogP) is 2.52. The van der Waals surface area contributed by atoms with Crippen LogP contribution in [-0.4, -0.2) is 23.8 Å². The Balaban J connectivity index is 2.32. The number of aryl methyl sites for hydroxylation is 1. The molecule has 0 aliphatic carbocycles. The van der Waals surface area contributed by atoms with Crippen molar-refractivity contribution in [2.75, 3.05) is 12.4 Å².